The van der Waals surface area contributed by atoms with Crippen molar-refractivity contribution < 1.29 is 18.4 Å². The van der Waals surface area contributed by atoms with E-state index in [1.54, 1.807) is 29.2 Å². The lowest BCUT2D eigenvalue weighted by Gasteiger charge is -2.33. The molecule has 2 amide bonds. The third kappa shape index (κ3) is 5.68. The first-order valence-corrected chi connectivity index (χ1v) is 10.1. The fourth-order valence-electron chi connectivity index (χ4n) is 3.75. The van der Waals surface area contributed by atoms with Gasteiger partial charge >= 0.3 is 0 Å². The maximum Gasteiger partial charge on any atom is 0.289 e. The number of nitrogens with one attached hydrogen (secondary N) is 1. The number of hydrogen-bond donors (Lipinski definition) is 1. The average molecular weight is 400 g/mol. The molecule has 1 aromatic heterocycles. The van der Waals surface area contributed by atoms with E-state index in [9.17, 15) is 14.0 Å². The third-order valence-electron chi connectivity index (χ3n) is 5.29. The molecule has 1 N–H and O–H groups in total. The van der Waals surface area contributed by atoms with E-state index < -0.39 is 0 Å². The van der Waals surface area contributed by atoms with E-state index in [2.05, 4.69) is 26.1 Å². The highest BCUT2D eigenvalue weighted by molar-refractivity contribution is 5.91. The summed E-state index contributed by atoms with van der Waals surface area (Å²) in [6.07, 6.45) is 3.46. The van der Waals surface area contributed by atoms with Crippen LogP contribution in [0.4, 0.5) is 4.39 Å². The molecule has 0 bridgehead atoms. The molecule has 1 fully saturated rings. The molecule has 1 aliphatic rings. The van der Waals surface area contributed by atoms with Crippen LogP contribution in [0.3, 0.4) is 0 Å². The van der Waals surface area contributed by atoms with Gasteiger partial charge in [0.2, 0.25) is 5.91 Å². The van der Waals surface area contributed by atoms with Gasteiger partial charge in [0.15, 0.2) is 5.76 Å². The molecule has 3 rings (SSSR count). The summed E-state index contributed by atoms with van der Waals surface area (Å²) in [5, 5.41) is 3.17. The zero-order chi connectivity index (χ0) is 21.0. The number of piperidine rings is 1. The van der Waals surface area contributed by atoms with Crippen molar-refractivity contribution in [2.75, 3.05) is 13.1 Å². The van der Waals surface area contributed by atoms with Gasteiger partial charge in [-0.05, 0) is 54.5 Å². The van der Waals surface area contributed by atoms with Gasteiger partial charge < -0.3 is 14.6 Å². The number of hydrogen-bond acceptors (Lipinski definition) is 3. The summed E-state index contributed by atoms with van der Waals surface area (Å²) < 4.78 is 18.5. The summed E-state index contributed by atoms with van der Waals surface area (Å²) in [5.74, 6) is -0.240. The largest absolute Gasteiger partial charge is 0.459 e. The zero-order valence-corrected chi connectivity index (χ0v) is 17.3. The second-order valence-corrected chi connectivity index (χ2v) is 8.92. The Morgan fingerprint density at radius 2 is 1.83 bits per heavy atom. The van der Waals surface area contributed by atoms with Crippen molar-refractivity contribution in [3.63, 3.8) is 0 Å². The van der Waals surface area contributed by atoms with Crippen LogP contribution in [0, 0.1) is 17.2 Å². The quantitative estimate of drug-likeness (QED) is 0.800. The van der Waals surface area contributed by atoms with Crippen LogP contribution in [0.15, 0.2) is 47.1 Å². The summed E-state index contributed by atoms with van der Waals surface area (Å²) >= 11 is 0. The molecule has 0 unspecified atom stereocenters. The first-order chi connectivity index (χ1) is 13.7. The maximum absolute atomic E-state index is 13.3. The smallest absolute Gasteiger partial charge is 0.289 e. The number of rotatable bonds is 5. The van der Waals surface area contributed by atoms with Gasteiger partial charge in [0, 0.05) is 19.0 Å². The molecule has 1 aromatic carbocycles. The zero-order valence-electron chi connectivity index (χ0n) is 17.3. The number of carbonyl (C=O) groups is 2. The van der Waals surface area contributed by atoms with Gasteiger partial charge in [-0.1, -0.05) is 32.9 Å². The Morgan fingerprint density at radius 3 is 2.38 bits per heavy atom. The van der Waals surface area contributed by atoms with E-state index >= 15 is 0 Å². The van der Waals surface area contributed by atoms with Crippen molar-refractivity contribution in [2.24, 2.45) is 11.3 Å². The molecule has 6 heteroatoms. The average Bonchev–Trinajstić information content (AvgIpc) is 3.21. The Bertz CT molecular complexity index is 817. The number of carbonyl (C=O) groups excluding carboxylic acids is 2. The highest BCUT2D eigenvalue weighted by atomic mass is 19.1. The third-order valence-corrected chi connectivity index (χ3v) is 5.29. The highest BCUT2D eigenvalue weighted by Crippen LogP contribution is 2.30. The highest BCUT2D eigenvalue weighted by Gasteiger charge is 2.31. The Kier molecular flexibility index (Phi) is 6.40. The topological polar surface area (TPSA) is 62.6 Å². The molecule has 0 saturated carbocycles. The van der Waals surface area contributed by atoms with Crippen LogP contribution in [0.5, 0.6) is 0 Å². The van der Waals surface area contributed by atoms with Crippen LogP contribution in [0.25, 0.3) is 0 Å². The normalized spacial score (nSPS) is 16.5. The maximum atomic E-state index is 13.3. The number of nitrogens with zero attached hydrogens (tertiary/aromatic N) is 1. The standard InChI is InChI=1S/C23H29FN2O3/c1-23(2,3)15-19(16-6-8-18(24)9-7-16)25-21(27)17-10-12-26(13-11-17)22(28)20-5-4-14-29-20/h4-9,14,17,19H,10-13,15H2,1-3H3,(H,25,27)/t19-/m1/s1. The first kappa shape index (κ1) is 21.1. The number of furan rings is 1. The van der Waals surface area contributed by atoms with Crippen LogP contribution in [-0.2, 0) is 4.79 Å². The Hall–Kier alpha value is -2.63. The van der Waals surface area contributed by atoms with Crippen molar-refractivity contribution in [1.29, 1.82) is 0 Å². The molecule has 1 atom stereocenters. The van der Waals surface area contributed by atoms with Crippen molar-refractivity contribution in [3.05, 3.63) is 59.8 Å². The number of amides is 2. The number of halogens is 1. The molecule has 156 valence electrons. The van der Waals surface area contributed by atoms with Gasteiger partial charge in [0.1, 0.15) is 5.82 Å². The minimum Gasteiger partial charge on any atom is -0.459 e. The van der Waals surface area contributed by atoms with E-state index in [1.165, 1.54) is 18.4 Å². The van der Waals surface area contributed by atoms with E-state index in [1.807, 2.05) is 0 Å². The molecule has 1 aliphatic heterocycles. The van der Waals surface area contributed by atoms with Crippen molar-refractivity contribution in [2.45, 2.75) is 46.1 Å². The summed E-state index contributed by atoms with van der Waals surface area (Å²) in [6.45, 7) is 7.41. The fourth-order valence-corrected chi connectivity index (χ4v) is 3.75. The second kappa shape index (κ2) is 8.80. The van der Waals surface area contributed by atoms with Crippen molar-refractivity contribution in [1.82, 2.24) is 10.2 Å². The first-order valence-electron chi connectivity index (χ1n) is 10.1. The monoisotopic (exact) mass is 400 g/mol. The summed E-state index contributed by atoms with van der Waals surface area (Å²) in [5.41, 5.74) is 0.908. The predicted molar refractivity (Wildman–Crippen MR) is 109 cm³/mol. The molecular formula is C23H29FN2O3. The molecular weight excluding hydrogens is 371 g/mol. The Balaban J connectivity index is 1.61. The van der Waals surface area contributed by atoms with Gasteiger partial charge in [-0.2, -0.15) is 0 Å². The Morgan fingerprint density at radius 1 is 1.17 bits per heavy atom. The SMILES string of the molecule is CC(C)(C)C[C@@H](NC(=O)C1CCN(C(=O)c2ccco2)CC1)c1ccc(F)cc1. The summed E-state index contributed by atoms with van der Waals surface area (Å²) in [7, 11) is 0. The predicted octanol–water partition coefficient (Wildman–Crippen LogP) is 4.56. The van der Waals surface area contributed by atoms with Crippen LogP contribution < -0.4 is 5.32 Å². The van der Waals surface area contributed by atoms with E-state index in [-0.39, 0.29) is 35.0 Å². The molecule has 0 spiro atoms. The molecule has 29 heavy (non-hydrogen) atoms. The molecule has 5 nitrogen and oxygen atoms in total. The molecule has 1 saturated heterocycles. The van der Waals surface area contributed by atoms with Gasteiger partial charge in [-0.3, -0.25) is 9.59 Å². The minimum atomic E-state index is -0.289. The Labute approximate surface area is 171 Å². The lowest BCUT2D eigenvalue weighted by Crippen LogP contribution is -2.44. The van der Waals surface area contributed by atoms with Crippen LogP contribution in [0.2, 0.25) is 0 Å². The van der Waals surface area contributed by atoms with Crippen molar-refractivity contribution in [3.8, 4) is 0 Å². The van der Waals surface area contributed by atoms with Crippen LogP contribution in [-0.4, -0.2) is 29.8 Å². The lowest BCUT2D eigenvalue weighted by molar-refractivity contribution is -0.127. The molecule has 0 radical (unpaired) electrons. The van der Waals surface area contributed by atoms with E-state index in [4.69, 9.17) is 4.42 Å². The van der Waals surface area contributed by atoms with E-state index in [0.717, 1.165) is 12.0 Å². The summed E-state index contributed by atoms with van der Waals surface area (Å²) in [6, 6.07) is 9.49. The number of likely N-dealkylation sites (tertiary alicyclic amines) is 1. The van der Waals surface area contributed by atoms with Crippen molar-refractivity contribution >= 4 is 11.8 Å². The van der Waals surface area contributed by atoms with Crippen LogP contribution in [0.1, 0.15) is 62.2 Å². The van der Waals surface area contributed by atoms with Gasteiger partial charge in [0.05, 0.1) is 12.3 Å². The summed E-state index contributed by atoms with van der Waals surface area (Å²) in [4.78, 5) is 27.0. The fraction of sp³-hybridized carbons (Fsp3) is 0.478. The van der Waals surface area contributed by atoms with Gasteiger partial charge in [-0.15, -0.1) is 0 Å². The van der Waals surface area contributed by atoms with E-state index in [0.29, 0.717) is 31.7 Å². The molecule has 2 aromatic rings. The lowest BCUT2D eigenvalue weighted by atomic mass is 9.85. The number of benzene rings is 1. The molecule has 2 heterocycles. The van der Waals surface area contributed by atoms with Gasteiger partial charge in [0.25, 0.3) is 5.91 Å². The molecule has 0 aliphatic carbocycles. The van der Waals surface area contributed by atoms with Gasteiger partial charge in [-0.25, -0.2) is 4.39 Å². The van der Waals surface area contributed by atoms with Crippen LogP contribution >= 0.6 is 0 Å². The second-order valence-electron chi connectivity index (χ2n) is 8.92. The minimum absolute atomic E-state index is 0.00512.